The summed E-state index contributed by atoms with van der Waals surface area (Å²) >= 11 is 0. The minimum atomic E-state index is -3.41. The molecule has 3 nitrogen and oxygen atoms in total. The van der Waals surface area contributed by atoms with Crippen molar-refractivity contribution >= 4 is 7.60 Å². The molecule has 0 bridgehead atoms. The van der Waals surface area contributed by atoms with E-state index in [0.717, 1.165) is 57.2 Å². The lowest BCUT2D eigenvalue weighted by Crippen LogP contribution is -2.19. The highest BCUT2D eigenvalue weighted by Gasteiger charge is 2.31. The van der Waals surface area contributed by atoms with Gasteiger partial charge in [0.25, 0.3) is 0 Å². The summed E-state index contributed by atoms with van der Waals surface area (Å²) < 4.78 is 36.3. The van der Waals surface area contributed by atoms with Crippen molar-refractivity contribution in [3.63, 3.8) is 0 Å². The fourth-order valence-electron chi connectivity index (χ4n) is 2.92. The van der Waals surface area contributed by atoms with E-state index in [-0.39, 0.29) is 12.2 Å². The van der Waals surface area contributed by atoms with Crippen LogP contribution in [0.1, 0.15) is 64.2 Å². The second kappa shape index (κ2) is 7.56. The van der Waals surface area contributed by atoms with E-state index in [9.17, 15) is 8.96 Å². The molecule has 0 aromatic carbocycles. The molecular formula is C14H24FO3P. The van der Waals surface area contributed by atoms with E-state index >= 15 is 0 Å². The summed E-state index contributed by atoms with van der Waals surface area (Å²) in [6.07, 6.45) is 10.6. The Kier molecular flexibility index (Phi) is 6.06. The van der Waals surface area contributed by atoms with Gasteiger partial charge >= 0.3 is 7.60 Å². The van der Waals surface area contributed by atoms with Crippen molar-refractivity contribution in [2.45, 2.75) is 76.4 Å². The first kappa shape index (κ1) is 15.2. The highest BCUT2D eigenvalue weighted by molar-refractivity contribution is 7.57. The summed E-state index contributed by atoms with van der Waals surface area (Å²) in [5.41, 5.74) is 0. The molecule has 2 saturated carbocycles. The van der Waals surface area contributed by atoms with Crippen LogP contribution in [0.15, 0.2) is 12.1 Å². The van der Waals surface area contributed by atoms with Crippen molar-refractivity contribution in [1.29, 1.82) is 0 Å². The van der Waals surface area contributed by atoms with Crippen molar-refractivity contribution < 1.29 is 18.0 Å². The van der Waals surface area contributed by atoms with Crippen LogP contribution in [0, 0.1) is 0 Å². The van der Waals surface area contributed by atoms with Crippen molar-refractivity contribution in [2.24, 2.45) is 0 Å². The average Bonchev–Trinajstić information content (AvgIpc) is 2.41. The summed E-state index contributed by atoms with van der Waals surface area (Å²) in [5.74, 6) is 0.982. The Bertz CT molecular complexity index is 310. The minimum Gasteiger partial charge on any atom is -0.302 e. The van der Waals surface area contributed by atoms with Gasteiger partial charge in [0.2, 0.25) is 0 Å². The smallest absolute Gasteiger partial charge is 0.302 e. The van der Waals surface area contributed by atoms with Gasteiger partial charge in [-0.3, -0.25) is 4.57 Å². The van der Waals surface area contributed by atoms with Gasteiger partial charge in [-0.1, -0.05) is 38.5 Å². The van der Waals surface area contributed by atoms with E-state index in [4.69, 9.17) is 9.05 Å². The molecule has 0 aromatic heterocycles. The fraction of sp³-hybridized carbons (Fsp3) is 0.857. The topological polar surface area (TPSA) is 35.5 Å². The second-order valence-corrected chi connectivity index (χ2v) is 7.35. The van der Waals surface area contributed by atoms with Gasteiger partial charge in [0, 0.05) is 0 Å². The molecule has 2 aliphatic carbocycles. The highest BCUT2D eigenvalue weighted by Crippen LogP contribution is 2.54. The SMILES string of the molecule is O=P(C=CF)(OC1CCCCC1)OC1CCCCC1. The van der Waals surface area contributed by atoms with Gasteiger partial charge in [-0.25, -0.2) is 4.39 Å². The molecule has 0 spiro atoms. The van der Waals surface area contributed by atoms with Gasteiger partial charge < -0.3 is 9.05 Å². The first-order valence-electron chi connectivity index (χ1n) is 7.46. The Morgan fingerprint density at radius 2 is 1.26 bits per heavy atom. The maximum atomic E-state index is 12.6. The molecule has 0 radical (unpaired) electrons. The second-order valence-electron chi connectivity index (χ2n) is 5.55. The molecule has 5 heteroatoms. The first-order chi connectivity index (χ1) is 9.22. The van der Waals surface area contributed by atoms with Crippen LogP contribution in [-0.2, 0) is 13.6 Å². The quantitative estimate of drug-likeness (QED) is 0.643. The molecule has 0 atom stereocenters. The van der Waals surface area contributed by atoms with E-state index in [0.29, 0.717) is 6.33 Å². The number of hydrogen-bond acceptors (Lipinski definition) is 3. The number of hydrogen-bond donors (Lipinski definition) is 0. The minimum absolute atomic E-state index is 0.0422. The molecule has 0 aliphatic heterocycles. The van der Waals surface area contributed by atoms with Gasteiger partial charge in [-0.15, -0.1) is 0 Å². The van der Waals surface area contributed by atoms with E-state index < -0.39 is 7.60 Å². The molecule has 19 heavy (non-hydrogen) atoms. The van der Waals surface area contributed by atoms with Crippen LogP contribution in [0.3, 0.4) is 0 Å². The van der Waals surface area contributed by atoms with Gasteiger partial charge in [-0.2, -0.15) is 0 Å². The van der Waals surface area contributed by atoms with Gasteiger partial charge in [-0.05, 0) is 25.7 Å². The van der Waals surface area contributed by atoms with E-state index in [1.807, 2.05) is 0 Å². The van der Waals surface area contributed by atoms with Crippen LogP contribution in [0.4, 0.5) is 4.39 Å². The molecule has 110 valence electrons. The predicted molar refractivity (Wildman–Crippen MR) is 73.8 cm³/mol. The van der Waals surface area contributed by atoms with Gasteiger partial charge in [0.15, 0.2) is 0 Å². The van der Waals surface area contributed by atoms with Crippen LogP contribution < -0.4 is 0 Å². The van der Waals surface area contributed by atoms with Crippen molar-refractivity contribution in [1.82, 2.24) is 0 Å². The first-order valence-corrected chi connectivity index (χ1v) is 9.07. The standard InChI is InChI=1S/C14H24FO3P/c15-11-12-19(16,17-13-7-3-1-4-8-13)18-14-9-5-2-6-10-14/h11-14H,1-10H2. The molecule has 2 rings (SSSR count). The molecule has 0 aromatic rings. The van der Waals surface area contributed by atoms with Crippen LogP contribution in [0.25, 0.3) is 0 Å². The predicted octanol–water partition coefficient (Wildman–Crippen LogP) is 5.32. The number of halogens is 1. The molecule has 0 unspecified atom stereocenters. The van der Waals surface area contributed by atoms with Crippen molar-refractivity contribution in [3.8, 4) is 0 Å². The zero-order valence-electron chi connectivity index (χ0n) is 11.4. The van der Waals surface area contributed by atoms with Crippen LogP contribution in [-0.4, -0.2) is 12.2 Å². The Hall–Kier alpha value is -0.180. The number of rotatable bonds is 5. The molecule has 0 N–H and O–H groups in total. The summed E-state index contributed by atoms with van der Waals surface area (Å²) in [5, 5.41) is 0. The summed E-state index contributed by atoms with van der Waals surface area (Å²) in [6.45, 7) is 0. The lowest BCUT2D eigenvalue weighted by atomic mass is 9.98. The average molecular weight is 290 g/mol. The fourth-order valence-corrected chi connectivity index (χ4v) is 4.50. The van der Waals surface area contributed by atoms with E-state index in [1.54, 1.807) is 0 Å². The van der Waals surface area contributed by atoms with Crippen LogP contribution in [0.5, 0.6) is 0 Å². The molecule has 0 amide bonds. The lowest BCUT2D eigenvalue weighted by molar-refractivity contribution is 0.0838. The third-order valence-corrected chi connectivity index (χ3v) is 5.60. The zero-order valence-corrected chi connectivity index (χ0v) is 12.3. The molecule has 0 heterocycles. The third-order valence-electron chi connectivity index (χ3n) is 3.94. The maximum absolute atomic E-state index is 12.6. The van der Waals surface area contributed by atoms with Gasteiger partial charge in [0.1, 0.15) is 0 Å². The normalized spacial score (nSPS) is 24.1. The summed E-state index contributed by atoms with van der Waals surface area (Å²) in [4.78, 5) is 0. The van der Waals surface area contributed by atoms with E-state index in [1.165, 1.54) is 12.8 Å². The van der Waals surface area contributed by atoms with E-state index in [2.05, 4.69) is 0 Å². The summed E-state index contributed by atoms with van der Waals surface area (Å²) in [7, 11) is -3.41. The molecular weight excluding hydrogens is 266 g/mol. The highest BCUT2D eigenvalue weighted by atomic mass is 31.2. The monoisotopic (exact) mass is 290 g/mol. The lowest BCUT2D eigenvalue weighted by Gasteiger charge is -2.29. The Morgan fingerprint density at radius 1 is 0.842 bits per heavy atom. The third kappa shape index (κ3) is 5.02. The zero-order chi connectivity index (χ0) is 13.6. The molecule has 2 fully saturated rings. The van der Waals surface area contributed by atoms with Crippen molar-refractivity contribution in [3.05, 3.63) is 12.1 Å². The Labute approximate surface area is 115 Å². The maximum Gasteiger partial charge on any atom is 0.357 e. The van der Waals surface area contributed by atoms with Gasteiger partial charge in [0.05, 0.1) is 24.4 Å². The van der Waals surface area contributed by atoms with Crippen molar-refractivity contribution in [2.75, 3.05) is 0 Å². The Balaban J connectivity index is 1.93. The summed E-state index contributed by atoms with van der Waals surface area (Å²) in [6, 6.07) is 0. The molecule has 0 saturated heterocycles. The largest absolute Gasteiger partial charge is 0.357 e. The Morgan fingerprint density at radius 3 is 1.63 bits per heavy atom. The molecule has 2 aliphatic rings. The van der Waals surface area contributed by atoms with Crippen LogP contribution >= 0.6 is 7.60 Å². The van der Waals surface area contributed by atoms with Crippen LogP contribution in [0.2, 0.25) is 0 Å².